The second-order valence-electron chi connectivity index (χ2n) is 5.79. The van der Waals surface area contributed by atoms with E-state index in [9.17, 15) is 9.90 Å². The maximum Gasteiger partial charge on any atom is 0.356 e. The van der Waals surface area contributed by atoms with Crippen LogP contribution < -0.4 is 0 Å². The fourth-order valence-corrected chi connectivity index (χ4v) is 2.73. The molecule has 0 unspecified atom stereocenters. The maximum absolute atomic E-state index is 11.4. The highest BCUT2D eigenvalue weighted by molar-refractivity contribution is 5.87. The molecular weight excluding hydrogens is 288 g/mol. The van der Waals surface area contributed by atoms with Crippen LogP contribution in [0.15, 0.2) is 48.5 Å². The van der Waals surface area contributed by atoms with Gasteiger partial charge in [0.05, 0.1) is 11.4 Å². The number of aromatic nitrogens is 2. The molecule has 1 heterocycles. The number of aromatic carboxylic acids is 1. The summed E-state index contributed by atoms with van der Waals surface area (Å²) in [6.07, 6.45) is 0. The number of hydrogen-bond donors (Lipinski definition) is 1. The van der Waals surface area contributed by atoms with Crippen molar-refractivity contribution in [2.24, 2.45) is 0 Å². The summed E-state index contributed by atoms with van der Waals surface area (Å²) in [5, 5.41) is 13.6. The Labute approximate surface area is 135 Å². The molecule has 1 N–H and O–H groups in total. The molecule has 0 saturated heterocycles. The standard InChI is InChI=1S/C19H18N2O2/c1-12-5-4-6-15(10-12)21-18(11-17(20-21)19(22)23)16-8-7-13(2)9-14(16)3/h4-11H,1-3H3,(H,22,23). The van der Waals surface area contributed by atoms with Crippen LogP contribution in [0.25, 0.3) is 16.9 Å². The van der Waals surface area contributed by atoms with Gasteiger partial charge in [0.25, 0.3) is 0 Å². The van der Waals surface area contributed by atoms with E-state index in [1.807, 2.05) is 57.2 Å². The lowest BCUT2D eigenvalue weighted by molar-refractivity contribution is 0.0690. The fraction of sp³-hybridized carbons (Fsp3) is 0.158. The molecule has 0 bridgehead atoms. The first-order valence-electron chi connectivity index (χ1n) is 7.44. The molecule has 4 nitrogen and oxygen atoms in total. The Bertz CT molecular complexity index is 894. The highest BCUT2D eigenvalue weighted by atomic mass is 16.4. The monoisotopic (exact) mass is 306 g/mol. The van der Waals surface area contributed by atoms with Crippen LogP contribution in [0.2, 0.25) is 0 Å². The van der Waals surface area contributed by atoms with Gasteiger partial charge in [0.2, 0.25) is 0 Å². The lowest BCUT2D eigenvalue weighted by Crippen LogP contribution is -2.03. The summed E-state index contributed by atoms with van der Waals surface area (Å²) in [5.74, 6) is -1.03. The SMILES string of the molecule is Cc1cccc(-n2nc(C(=O)O)cc2-c2ccc(C)cc2C)c1. The number of nitrogens with zero attached hydrogens (tertiary/aromatic N) is 2. The third kappa shape index (κ3) is 2.88. The van der Waals surface area contributed by atoms with Crippen molar-refractivity contribution in [3.8, 4) is 16.9 Å². The number of aryl methyl sites for hydroxylation is 3. The van der Waals surface area contributed by atoms with Gasteiger partial charge in [-0.3, -0.25) is 0 Å². The van der Waals surface area contributed by atoms with Crippen LogP contribution in [-0.2, 0) is 0 Å². The lowest BCUT2D eigenvalue weighted by Gasteiger charge is -2.11. The molecule has 0 radical (unpaired) electrons. The Morgan fingerprint density at radius 1 is 1.00 bits per heavy atom. The molecule has 4 heteroatoms. The van der Waals surface area contributed by atoms with E-state index in [1.165, 1.54) is 5.56 Å². The molecule has 0 saturated carbocycles. The average molecular weight is 306 g/mol. The Balaban J connectivity index is 2.25. The molecule has 23 heavy (non-hydrogen) atoms. The van der Waals surface area contributed by atoms with Gasteiger partial charge in [-0.05, 0) is 50.1 Å². The van der Waals surface area contributed by atoms with E-state index in [-0.39, 0.29) is 5.69 Å². The van der Waals surface area contributed by atoms with Gasteiger partial charge in [-0.2, -0.15) is 5.10 Å². The third-order valence-corrected chi connectivity index (χ3v) is 3.83. The molecule has 116 valence electrons. The van der Waals surface area contributed by atoms with Crippen molar-refractivity contribution < 1.29 is 9.90 Å². The van der Waals surface area contributed by atoms with Crippen LogP contribution in [0.1, 0.15) is 27.2 Å². The zero-order chi connectivity index (χ0) is 16.6. The second kappa shape index (κ2) is 5.72. The van der Waals surface area contributed by atoms with E-state index >= 15 is 0 Å². The van der Waals surface area contributed by atoms with Gasteiger partial charge < -0.3 is 5.11 Å². The molecule has 3 aromatic rings. The Morgan fingerprint density at radius 2 is 1.74 bits per heavy atom. The summed E-state index contributed by atoms with van der Waals surface area (Å²) in [5.41, 5.74) is 6.03. The van der Waals surface area contributed by atoms with Gasteiger partial charge in [-0.1, -0.05) is 35.9 Å². The Hall–Kier alpha value is -2.88. The summed E-state index contributed by atoms with van der Waals surface area (Å²) in [4.78, 5) is 11.4. The minimum absolute atomic E-state index is 0.0430. The first kappa shape index (κ1) is 15.0. The molecule has 0 amide bonds. The molecule has 0 aliphatic heterocycles. The molecule has 0 spiro atoms. The van der Waals surface area contributed by atoms with Gasteiger partial charge >= 0.3 is 5.97 Å². The predicted octanol–water partition coefficient (Wildman–Crippen LogP) is 4.16. The van der Waals surface area contributed by atoms with E-state index in [2.05, 4.69) is 11.2 Å². The van der Waals surface area contributed by atoms with Crippen LogP contribution in [0.3, 0.4) is 0 Å². The predicted molar refractivity (Wildman–Crippen MR) is 90.2 cm³/mol. The zero-order valence-corrected chi connectivity index (χ0v) is 13.4. The van der Waals surface area contributed by atoms with E-state index in [0.717, 1.165) is 28.1 Å². The van der Waals surface area contributed by atoms with Crippen LogP contribution in [-0.4, -0.2) is 20.9 Å². The van der Waals surface area contributed by atoms with E-state index in [1.54, 1.807) is 10.7 Å². The average Bonchev–Trinajstić information content (AvgIpc) is 2.92. The Morgan fingerprint density at radius 3 is 2.39 bits per heavy atom. The zero-order valence-electron chi connectivity index (χ0n) is 13.4. The first-order chi connectivity index (χ1) is 11.0. The molecule has 3 rings (SSSR count). The summed E-state index contributed by atoms with van der Waals surface area (Å²) in [6.45, 7) is 6.07. The number of carbonyl (C=O) groups is 1. The smallest absolute Gasteiger partial charge is 0.356 e. The van der Waals surface area contributed by atoms with Crippen molar-refractivity contribution in [3.63, 3.8) is 0 Å². The van der Waals surface area contributed by atoms with Crippen molar-refractivity contribution in [1.82, 2.24) is 9.78 Å². The highest BCUT2D eigenvalue weighted by Gasteiger charge is 2.17. The van der Waals surface area contributed by atoms with Crippen molar-refractivity contribution in [1.29, 1.82) is 0 Å². The minimum Gasteiger partial charge on any atom is -0.476 e. The highest BCUT2D eigenvalue weighted by Crippen LogP contribution is 2.28. The van der Waals surface area contributed by atoms with E-state index in [4.69, 9.17) is 0 Å². The molecule has 2 aromatic carbocycles. The molecule has 0 fully saturated rings. The van der Waals surface area contributed by atoms with Gasteiger partial charge in [0.1, 0.15) is 0 Å². The van der Waals surface area contributed by atoms with Crippen LogP contribution in [0, 0.1) is 20.8 Å². The molecule has 0 aliphatic rings. The van der Waals surface area contributed by atoms with Crippen molar-refractivity contribution >= 4 is 5.97 Å². The van der Waals surface area contributed by atoms with Crippen LogP contribution >= 0.6 is 0 Å². The van der Waals surface area contributed by atoms with Crippen LogP contribution in [0.5, 0.6) is 0 Å². The number of carboxylic acids is 1. The second-order valence-corrected chi connectivity index (χ2v) is 5.79. The number of benzene rings is 2. The van der Waals surface area contributed by atoms with Gasteiger partial charge in [0.15, 0.2) is 5.69 Å². The van der Waals surface area contributed by atoms with E-state index < -0.39 is 5.97 Å². The summed E-state index contributed by atoms with van der Waals surface area (Å²) >= 11 is 0. The largest absolute Gasteiger partial charge is 0.476 e. The number of carboxylic acid groups (broad SMARTS) is 1. The molecular formula is C19H18N2O2. The summed E-state index contributed by atoms with van der Waals surface area (Å²) in [6, 6.07) is 15.6. The molecule has 1 aromatic heterocycles. The van der Waals surface area contributed by atoms with Crippen molar-refractivity contribution in [2.75, 3.05) is 0 Å². The third-order valence-electron chi connectivity index (χ3n) is 3.83. The fourth-order valence-electron chi connectivity index (χ4n) is 2.73. The summed E-state index contributed by atoms with van der Waals surface area (Å²) in [7, 11) is 0. The van der Waals surface area contributed by atoms with E-state index in [0.29, 0.717) is 0 Å². The quantitative estimate of drug-likeness (QED) is 0.790. The maximum atomic E-state index is 11.4. The van der Waals surface area contributed by atoms with Crippen molar-refractivity contribution in [2.45, 2.75) is 20.8 Å². The topological polar surface area (TPSA) is 55.1 Å². The molecule has 0 aliphatic carbocycles. The first-order valence-corrected chi connectivity index (χ1v) is 7.44. The molecule has 0 atom stereocenters. The van der Waals surface area contributed by atoms with Gasteiger partial charge in [-0.25, -0.2) is 9.48 Å². The normalized spacial score (nSPS) is 10.7. The van der Waals surface area contributed by atoms with Gasteiger partial charge in [0, 0.05) is 5.56 Å². The van der Waals surface area contributed by atoms with Crippen molar-refractivity contribution in [3.05, 3.63) is 70.9 Å². The Kier molecular flexibility index (Phi) is 3.74. The van der Waals surface area contributed by atoms with Crippen LogP contribution in [0.4, 0.5) is 0 Å². The minimum atomic E-state index is -1.03. The van der Waals surface area contributed by atoms with Gasteiger partial charge in [-0.15, -0.1) is 0 Å². The number of rotatable bonds is 3. The number of hydrogen-bond acceptors (Lipinski definition) is 2. The summed E-state index contributed by atoms with van der Waals surface area (Å²) < 4.78 is 1.70. The lowest BCUT2D eigenvalue weighted by atomic mass is 10.0.